The number of rotatable bonds is 3. The second-order valence-electron chi connectivity index (χ2n) is 3.78. The van der Waals surface area contributed by atoms with Gasteiger partial charge in [-0.1, -0.05) is 17.8 Å². The maximum atomic E-state index is 13.1. The molecule has 0 aliphatic heterocycles. The van der Waals surface area contributed by atoms with Crippen LogP contribution in [-0.4, -0.2) is 10.8 Å². The van der Waals surface area contributed by atoms with Crippen LogP contribution in [0, 0.1) is 18.2 Å². The lowest BCUT2D eigenvalue weighted by molar-refractivity contribution is 0.624. The molecule has 0 bridgehead atoms. The van der Waals surface area contributed by atoms with Crippen molar-refractivity contribution in [3.63, 3.8) is 0 Å². The standard InChI is InChI=1S/C13H12FN3S/c1-8-5-6-11(12(15)16)13(17-8)18-10-4-2-3-9(14)7-10/h2-7H,1H3,(H3,15,16). The Morgan fingerprint density at radius 2 is 2.11 bits per heavy atom. The van der Waals surface area contributed by atoms with Crippen molar-refractivity contribution in [2.75, 3.05) is 0 Å². The van der Waals surface area contributed by atoms with Gasteiger partial charge in [0, 0.05) is 16.2 Å². The van der Waals surface area contributed by atoms with Crippen molar-refractivity contribution in [2.45, 2.75) is 16.8 Å². The van der Waals surface area contributed by atoms with E-state index in [1.165, 1.54) is 23.9 Å². The van der Waals surface area contributed by atoms with E-state index >= 15 is 0 Å². The monoisotopic (exact) mass is 261 g/mol. The van der Waals surface area contributed by atoms with Crippen LogP contribution in [0.1, 0.15) is 11.3 Å². The van der Waals surface area contributed by atoms with E-state index in [0.29, 0.717) is 10.6 Å². The number of benzene rings is 1. The van der Waals surface area contributed by atoms with Crippen molar-refractivity contribution in [1.82, 2.24) is 4.98 Å². The number of hydrogen-bond acceptors (Lipinski definition) is 3. The van der Waals surface area contributed by atoms with Gasteiger partial charge in [0.1, 0.15) is 16.7 Å². The van der Waals surface area contributed by atoms with Gasteiger partial charge in [0.2, 0.25) is 0 Å². The zero-order valence-electron chi connectivity index (χ0n) is 9.77. The lowest BCUT2D eigenvalue weighted by Crippen LogP contribution is -2.13. The number of nitrogens with two attached hydrogens (primary N) is 1. The first-order valence-electron chi connectivity index (χ1n) is 5.32. The van der Waals surface area contributed by atoms with Crippen molar-refractivity contribution < 1.29 is 4.39 Å². The summed E-state index contributed by atoms with van der Waals surface area (Å²) in [5, 5.41) is 8.12. The lowest BCUT2D eigenvalue weighted by atomic mass is 10.2. The summed E-state index contributed by atoms with van der Waals surface area (Å²) in [4.78, 5) is 5.07. The second-order valence-corrected chi connectivity index (χ2v) is 4.84. The number of nitrogen functional groups attached to an aromatic ring is 1. The molecule has 1 aromatic heterocycles. The van der Waals surface area contributed by atoms with Gasteiger partial charge in [-0.3, -0.25) is 5.41 Å². The van der Waals surface area contributed by atoms with E-state index in [9.17, 15) is 4.39 Å². The Hall–Kier alpha value is -1.88. The number of aryl methyl sites for hydroxylation is 1. The molecule has 3 N–H and O–H groups in total. The van der Waals surface area contributed by atoms with E-state index in [-0.39, 0.29) is 11.7 Å². The van der Waals surface area contributed by atoms with Crippen LogP contribution < -0.4 is 5.73 Å². The minimum absolute atomic E-state index is 0.0404. The molecule has 0 radical (unpaired) electrons. The third kappa shape index (κ3) is 2.87. The lowest BCUT2D eigenvalue weighted by Gasteiger charge is -2.07. The molecule has 18 heavy (non-hydrogen) atoms. The highest BCUT2D eigenvalue weighted by molar-refractivity contribution is 7.99. The highest BCUT2D eigenvalue weighted by Crippen LogP contribution is 2.29. The quantitative estimate of drug-likeness (QED) is 0.659. The molecule has 0 atom stereocenters. The number of aromatic nitrogens is 1. The molecule has 0 saturated heterocycles. The Morgan fingerprint density at radius 1 is 1.33 bits per heavy atom. The molecule has 1 aromatic carbocycles. The van der Waals surface area contributed by atoms with Crippen LogP contribution in [-0.2, 0) is 0 Å². The van der Waals surface area contributed by atoms with Crippen molar-refractivity contribution in [3.8, 4) is 0 Å². The predicted molar refractivity (Wildman–Crippen MR) is 70.5 cm³/mol. The van der Waals surface area contributed by atoms with Crippen molar-refractivity contribution in [1.29, 1.82) is 5.41 Å². The summed E-state index contributed by atoms with van der Waals surface area (Å²) < 4.78 is 13.1. The van der Waals surface area contributed by atoms with Crippen LogP contribution in [0.4, 0.5) is 4.39 Å². The number of amidine groups is 1. The molecule has 0 unspecified atom stereocenters. The highest BCUT2D eigenvalue weighted by atomic mass is 32.2. The first-order chi connectivity index (χ1) is 8.56. The van der Waals surface area contributed by atoms with Gasteiger partial charge in [-0.05, 0) is 37.3 Å². The third-order valence-electron chi connectivity index (χ3n) is 2.30. The van der Waals surface area contributed by atoms with Gasteiger partial charge in [0.05, 0.1) is 0 Å². The van der Waals surface area contributed by atoms with Gasteiger partial charge < -0.3 is 5.73 Å². The van der Waals surface area contributed by atoms with E-state index in [1.54, 1.807) is 24.3 Å². The van der Waals surface area contributed by atoms with E-state index < -0.39 is 0 Å². The van der Waals surface area contributed by atoms with Gasteiger partial charge in [0.25, 0.3) is 0 Å². The summed E-state index contributed by atoms with van der Waals surface area (Å²) >= 11 is 1.30. The molecular formula is C13H12FN3S. The van der Waals surface area contributed by atoms with Crippen LogP contribution in [0.3, 0.4) is 0 Å². The SMILES string of the molecule is Cc1ccc(C(=N)N)c(Sc2cccc(F)c2)n1. The fourth-order valence-corrected chi connectivity index (χ4v) is 2.48. The molecule has 2 rings (SSSR count). The van der Waals surface area contributed by atoms with Crippen LogP contribution in [0.5, 0.6) is 0 Å². The largest absolute Gasteiger partial charge is 0.384 e. The average Bonchev–Trinajstić information content (AvgIpc) is 2.28. The van der Waals surface area contributed by atoms with Gasteiger partial charge in [0.15, 0.2) is 0 Å². The van der Waals surface area contributed by atoms with Crippen LogP contribution in [0.2, 0.25) is 0 Å². The van der Waals surface area contributed by atoms with Gasteiger partial charge in [-0.2, -0.15) is 0 Å². The molecule has 2 aromatic rings. The Bertz CT molecular complexity index is 599. The minimum atomic E-state index is -0.294. The molecule has 0 fully saturated rings. The number of hydrogen-bond donors (Lipinski definition) is 2. The number of nitrogens with zero attached hydrogens (tertiary/aromatic N) is 1. The van der Waals surface area contributed by atoms with Crippen LogP contribution >= 0.6 is 11.8 Å². The second kappa shape index (κ2) is 5.18. The molecule has 5 heteroatoms. The van der Waals surface area contributed by atoms with E-state index in [1.807, 2.05) is 6.92 Å². The third-order valence-corrected chi connectivity index (χ3v) is 3.29. The van der Waals surface area contributed by atoms with Crippen molar-refractivity contribution in [2.24, 2.45) is 5.73 Å². The Kier molecular flexibility index (Phi) is 3.62. The minimum Gasteiger partial charge on any atom is -0.384 e. The molecule has 0 aliphatic rings. The maximum Gasteiger partial charge on any atom is 0.125 e. The van der Waals surface area contributed by atoms with E-state index in [0.717, 1.165) is 10.6 Å². The first kappa shape index (κ1) is 12.6. The smallest absolute Gasteiger partial charge is 0.125 e. The van der Waals surface area contributed by atoms with Crippen molar-refractivity contribution >= 4 is 17.6 Å². The zero-order valence-corrected chi connectivity index (χ0v) is 10.6. The number of nitrogens with one attached hydrogen (secondary N) is 1. The number of halogens is 1. The molecule has 0 amide bonds. The topological polar surface area (TPSA) is 62.8 Å². The molecule has 0 saturated carbocycles. The first-order valence-corrected chi connectivity index (χ1v) is 6.13. The Labute approximate surface area is 109 Å². The fourth-order valence-electron chi connectivity index (χ4n) is 1.46. The summed E-state index contributed by atoms with van der Waals surface area (Å²) in [7, 11) is 0. The molecule has 3 nitrogen and oxygen atoms in total. The average molecular weight is 261 g/mol. The summed E-state index contributed by atoms with van der Waals surface area (Å²) in [5.41, 5.74) is 6.90. The predicted octanol–water partition coefficient (Wildman–Crippen LogP) is 2.96. The normalized spacial score (nSPS) is 10.3. The van der Waals surface area contributed by atoms with Gasteiger partial charge >= 0.3 is 0 Å². The molecule has 0 aliphatic carbocycles. The maximum absolute atomic E-state index is 13.1. The van der Waals surface area contributed by atoms with E-state index in [2.05, 4.69) is 4.98 Å². The molecular weight excluding hydrogens is 249 g/mol. The summed E-state index contributed by atoms with van der Waals surface area (Å²) in [6, 6.07) is 9.81. The summed E-state index contributed by atoms with van der Waals surface area (Å²) in [6.45, 7) is 1.86. The Morgan fingerprint density at radius 3 is 2.78 bits per heavy atom. The fraction of sp³-hybridized carbons (Fsp3) is 0.0769. The van der Waals surface area contributed by atoms with Crippen molar-refractivity contribution in [3.05, 3.63) is 53.5 Å². The summed E-state index contributed by atoms with van der Waals surface area (Å²) in [5.74, 6) is -0.335. The van der Waals surface area contributed by atoms with Gasteiger partial charge in [-0.25, -0.2) is 9.37 Å². The molecule has 92 valence electrons. The Balaban J connectivity index is 2.39. The summed E-state index contributed by atoms with van der Waals surface area (Å²) in [6.07, 6.45) is 0. The zero-order chi connectivity index (χ0) is 13.1. The highest BCUT2D eigenvalue weighted by Gasteiger charge is 2.09. The number of pyridine rings is 1. The molecule has 0 spiro atoms. The molecule has 1 heterocycles. The van der Waals surface area contributed by atoms with Gasteiger partial charge in [-0.15, -0.1) is 0 Å². The van der Waals surface area contributed by atoms with Crippen LogP contribution in [0.15, 0.2) is 46.3 Å². The van der Waals surface area contributed by atoms with E-state index in [4.69, 9.17) is 11.1 Å². The van der Waals surface area contributed by atoms with Crippen LogP contribution in [0.25, 0.3) is 0 Å².